The molecule has 0 aliphatic carbocycles. The zero-order chi connectivity index (χ0) is 8.27. The lowest BCUT2D eigenvalue weighted by Crippen LogP contribution is -1.93. The Kier molecular flexibility index (Phi) is 2.06. The molecule has 1 rings (SSSR count). The minimum absolute atomic E-state index is 0.166. The summed E-state index contributed by atoms with van der Waals surface area (Å²) in [5.41, 5.74) is 1.01. The summed E-state index contributed by atoms with van der Waals surface area (Å²) in [5.74, 6) is 0. The molecule has 0 saturated carbocycles. The Hall–Kier alpha value is -1.58. The Balaban J connectivity index is 3.01. The Morgan fingerprint density at radius 2 is 2.27 bits per heavy atom. The van der Waals surface area contributed by atoms with Gasteiger partial charge < -0.3 is 5.32 Å². The smallest absolute Gasteiger partial charge is 0.318 e. The van der Waals surface area contributed by atoms with Gasteiger partial charge in [-0.05, 0) is 6.07 Å². The van der Waals surface area contributed by atoms with Crippen LogP contribution in [0.25, 0.3) is 0 Å². The van der Waals surface area contributed by atoms with Crippen molar-refractivity contribution in [1.29, 1.82) is 0 Å². The minimum Gasteiger partial charge on any atom is -0.388 e. The number of nitrogens with zero attached hydrogens (tertiary/aromatic N) is 1. The number of benzene rings is 1. The molecular weight excluding hydrogens is 144 g/mol. The van der Waals surface area contributed by atoms with Crippen molar-refractivity contribution < 1.29 is 10.1 Å². The number of anilines is 1. The van der Waals surface area contributed by atoms with Gasteiger partial charge in [-0.2, -0.15) is 0 Å². The maximum atomic E-state index is 10.4. The van der Waals surface area contributed by atoms with Crippen molar-refractivity contribution in [1.82, 2.24) is 0 Å². The van der Waals surface area contributed by atoms with Crippen LogP contribution in [0.3, 0.4) is 0 Å². The molecule has 0 radical (unpaired) electrons. The first-order valence-corrected chi connectivity index (χ1v) is 3.18. The fraction of sp³-hybridized carbons (Fsp3) is 0.143. The summed E-state index contributed by atoms with van der Waals surface area (Å²) in [5, 5.41) is 11.3. The highest BCUT2D eigenvalue weighted by atomic mass is 16.6. The maximum Gasteiger partial charge on any atom is 0.318 e. The Labute approximate surface area is 64.0 Å². The number of rotatable bonds is 2. The standard InChI is InChI=1S/C7H9N2O2/c1-8-6-3-2-4-7(5-6)9(10)11/h2-5,8H,1H3,(H,10,11)/q+1. The van der Waals surface area contributed by atoms with Gasteiger partial charge in [0.25, 0.3) is 4.92 Å². The van der Waals surface area contributed by atoms with Gasteiger partial charge in [0.15, 0.2) is 0 Å². The third kappa shape index (κ3) is 1.67. The molecule has 1 aromatic carbocycles. The molecule has 11 heavy (non-hydrogen) atoms. The second-order valence-electron chi connectivity index (χ2n) is 2.07. The van der Waals surface area contributed by atoms with E-state index >= 15 is 0 Å². The van der Waals surface area contributed by atoms with Crippen molar-refractivity contribution in [3.05, 3.63) is 29.2 Å². The minimum atomic E-state index is -0.166. The van der Waals surface area contributed by atoms with Crippen LogP contribution in [0.15, 0.2) is 24.3 Å². The summed E-state index contributed by atoms with van der Waals surface area (Å²) in [6.45, 7) is 0. The van der Waals surface area contributed by atoms with Crippen LogP contribution in [-0.4, -0.2) is 17.2 Å². The Morgan fingerprint density at radius 3 is 2.82 bits per heavy atom. The maximum absolute atomic E-state index is 10.4. The third-order valence-corrected chi connectivity index (χ3v) is 1.36. The van der Waals surface area contributed by atoms with Crippen molar-refractivity contribution in [3.8, 4) is 0 Å². The number of nitrogens with one attached hydrogen (secondary N) is 1. The van der Waals surface area contributed by atoms with E-state index in [2.05, 4.69) is 5.32 Å². The van der Waals surface area contributed by atoms with Crippen LogP contribution in [0.5, 0.6) is 0 Å². The van der Waals surface area contributed by atoms with Crippen LogP contribution in [0.1, 0.15) is 0 Å². The summed E-state index contributed by atoms with van der Waals surface area (Å²) in [6.07, 6.45) is 0. The molecule has 4 nitrogen and oxygen atoms in total. The lowest BCUT2D eigenvalue weighted by atomic mass is 10.3. The molecular formula is C7H9N2O2+. The van der Waals surface area contributed by atoms with Crippen LogP contribution in [0, 0.1) is 4.91 Å². The van der Waals surface area contributed by atoms with E-state index in [0.717, 1.165) is 5.69 Å². The highest BCUT2D eigenvalue weighted by molar-refractivity contribution is 5.50. The molecule has 0 saturated heterocycles. The van der Waals surface area contributed by atoms with E-state index in [0.29, 0.717) is 0 Å². The summed E-state index contributed by atoms with van der Waals surface area (Å²) in [6, 6.07) is 6.55. The molecule has 0 heterocycles. The molecule has 0 amide bonds. The zero-order valence-corrected chi connectivity index (χ0v) is 6.11. The van der Waals surface area contributed by atoms with Gasteiger partial charge in [0.2, 0.25) is 0 Å². The van der Waals surface area contributed by atoms with Gasteiger partial charge in [-0.15, -0.1) is 0 Å². The second kappa shape index (κ2) is 3.01. The first kappa shape index (κ1) is 7.53. The summed E-state index contributed by atoms with van der Waals surface area (Å²) in [4.78, 5) is 10.2. The Bertz CT molecular complexity index is 273. The second-order valence-corrected chi connectivity index (χ2v) is 2.07. The van der Waals surface area contributed by atoms with Gasteiger partial charge >= 0.3 is 5.69 Å². The molecule has 0 spiro atoms. The highest BCUT2D eigenvalue weighted by Crippen LogP contribution is 2.15. The van der Waals surface area contributed by atoms with E-state index in [1.807, 2.05) is 0 Å². The number of hydrogen-bond donors (Lipinski definition) is 2. The molecule has 58 valence electrons. The molecule has 1 aromatic rings. The SMILES string of the molecule is CNc1cccc([N+](=O)O)c1. The molecule has 0 aromatic heterocycles. The molecule has 0 aliphatic heterocycles. The zero-order valence-electron chi connectivity index (χ0n) is 6.11. The van der Waals surface area contributed by atoms with Gasteiger partial charge in [-0.3, -0.25) is 0 Å². The predicted octanol–water partition coefficient (Wildman–Crippen LogP) is 1.53. The summed E-state index contributed by atoms with van der Waals surface area (Å²) >= 11 is 0. The largest absolute Gasteiger partial charge is 0.388 e. The van der Waals surface area contributed by atoms with Crippen molar-refractivity contribution in [2.24, 2.45) is 0 Å². The molecule has 0 atom stereocenters. The molecule has 0 unspecified atom stereocenters. The average molecular weight is 153 g/mol. The Morgan fingerprint density at radius 1 is 1.55 bits per heavy atom. The lowest BCUT2D eigenvalue weighted by Gasteiger charge is -1.95. The topological polar surface area (TPSA) is 52.3 Å². The van der Waals surface area contributed by atoms with E-state index in [-0.39, 0.29) is 10.6 Å². The fourth-order valence-corrected chi connectivity index (χ4v) is 0.780. The van der Waals surface area contributed by atoms with Gasteiger partial charge in [0.1, 0.15) is 0 Å². The summed E-state index contributed by atoms with van der Waals surface area (Å²) < 4.78 is 0. The van der Waals surface area contributed by atoms with E-state index in [1.54, 1.807) is 25.2 Å². The molecule has 0 aliphatic rings. The monoisotopic (exact) mass is 153 g/mol. The predicted molar refractivity (Wildman–Crippen MR) is 41.1 cm³/mol. The molecule has 0 bridgehead atoms. The quantitative estimate of drug-likeness (QED) is 0.633. The first-order valence-electron chi connectivity index (χ1n) is 3.18. The first-order chi connectivity index (χ1) is 5.24. The fourth-order valence-electron chi connectivity index (χ4n) is 0.780. The van der Waals surface area contributed by atoms with Crippen LogP contribution in [-0.2, 0) is 0 Å². The van der Waals surface area contributed by atoms with Crippen molar-refractivity contribution in [2.45, 2.75) is 0 Å². The van der Waals surface area contributed by atoms with E-state index in [1.165, 1.54) is 6.07 Å². The van der Waals surface area contributed by atoms with Crippen molar-refractivity contribution in [2.75, 3.05) is 12.4 Å². The highest BCUT2D eigenvalue weighted by Gasteiger charge is 2.09. The number of hydrogen-bond acceptors (Lipinski definition) is 2. The van der Waals surface area contributed by atoms with E-state index in [4.69, 9.17) is 5.21 Å². The van der Waals surface area contributed by atoms with Gasteiger partial charge in [0, 0.05) is 24.9 Å². The molecule has 0 fully saturated rings. The molecule has 2 N–H and O–H groups in total. The third-order valence-electron chi connectivity index (χ3n) is 1.36. The van der Waals surface area contributed by atoms with E-state index in [9.17, 15) is 4.91 Å². The van der Waals surface area contributed by atoms with Gasteiger partial charge in [-0.25, -0.2) is 5.21 Å². The summed E-state index contributed by atoms with van der Waals surface area (Å²) in [7, 11) is 1.74. The lowest BCUT2D eigenvalue weighted by molar-refractivity contribution is -0.729. The van der Waals surface area contributed by atoms with Crippen LogP contribution in [0.4, 0.5) is 11.4 Å². The van der Waals surface area contributed by atoms with Crippen molar-refractivity contribution in [3.63, 3.8) is 0 Å². The van der Waals surface area contributed by atoms with Crippen LogP contribution in [0.2, 0.25) is 0 Å². The normalized spacial score (nSPS) is 9.18. The van der Waals surface area contributed by atoms with Crippen LogP contribution >= 0.6 is 0 Å². The van der Waals surface area contributed by atoms with Crippen LogP contribution < -0.4 is 5.32 Å². The van der Waals surface area contributed by atoms with Crippen molar-refractivity contribution >= 4 is 11.4 Å². The molecule has 4 heteroatoms. The van der Waals surface area contributed by atoms with Gasteiger partial charge in [0.05, 0.1) is 4.91 Å². The van der Waals surface area contributed by atoms with E-state index < -0.39 is 0 Å². The average Bonchev–Trinajstić information content (AvgIpc) is 2.05. The van der Waals surface area contributed by atoms with Gasteiger partial charge in [-0.1, -0.05) is 6.07 Å².